The van der Waals surface area contributed by atoms with E-state index in [-0.39, 0.29) is 6.03 Å². The number of carbonyl (C=O) groups is 1. The molecule has 0 bridgehead atoms. The fraction of sp³-hybridized carbons (Fsp3) is 0.444. The molecule has 0 aliphatic carbocycles. The summed E-state index contributed by atoms with van der Waals surface area (Å²) in [5, 5.41) is 8.04. The molecule has 1 aromatic carbocycles. The maximum absolute atomic E-state index is 12.3. The number of aromatic nitrogens is 2. The molecule has 0 spiro atoms. The van der Waals surface area contributed by atoms with Gasteiger partial charge in [-0.2, -0.15) is 5.10 Å². The summed E-state index contributed by atoms with van der Waals surface area (Å²) in [6.45, 7) is 4.40. The Hall–Kier alpha value is -2.01. The molecule has 1 fully saturated rings. The van der Waals surface area contributed by atoms with Gasteiger partial charge in [-0.05, 0) is 43.0 Å². The third-order valence-corrected chi connectivity index (χ3v) is 4.81. The molecular formula is C18H23ClN4O. The summed E-state index contributed by atoms with van der Waals surface area (Å²) < 4.78 is 1.78. The summed E-state index contributed by atoms with van der Waals surface area (Å²) in [5.74, 6) is 0.636. The molecule has 2 amide bonds. The fourth-order valence-electron chi connectivity index (χ4n) is 3.06. The Morgan fingerprint density at radius 3 is 2.92 bits per heavy atom. The van der Waals surface area contributed by atoms with Gasteiger partial charge in [0.1, 0.15) is 0 Å². The number of hydrogen-bond donors (Lipinski definition) is 1. The Labute approximate surface area is 147 Å². The summed E-state index contributed by atoms with van der Waals surface area (Å²) in [5.41, 5.74) is 1.92. The first kappa shape index (κ1) is 16.8. The SMILES string of the molecule is CCC1CCCN(C(=O)NCc2cnn(-c3ccc(Cl)cc3)c2)C1. The van der Waals surface area contributed by atoms with E-state index in [1.165, 1.54) is 6.42 Å². The topological polar surface area (TPSA) is 50.2 Å². The number of rotatable bonds is 4. The molecule has 3 rings (SSSR count). The second-order valence-corrected chi connectivity index (χ2v) is 6.73. The molecule has 1 atom stereocenters. The molecule has 1 unspecified atom stereocenters. The van der Waals surface area contributed by atoms with Gasteiger partial charge in [-0.1, -0.05) is 24.9 Å². The zero-order valence-corrected chi connectivity index (χ0v) is 14.7. The largest absolute Gasteiger partial charge is 0.334 e. The first-order valence-electron chi connectivity index (χ1n) is 8.48. The van der Waals surface area contributed by atoms with Crippen LogP contribution in [0.2, 0.25) is 5.02 Å². The van der Waals surface area contributed by atoms with Crippen LogP contribution in [0.4, 0.5) is 4.79 Å². The van der Waals surface area contributed by atoms with Gasteiger partial charge in [-0.15, -0.1) is 0 Å². The van der Waals surface area contributed by atoms with Crippen LogP contribution in [-0.4, -0.2) is 33.8 Å². The summed E-state index contributed by atoms with van der Waals surface area (Å²) in [6.07, 6.45) is 7.17. The molecule has 2 heterocycles. The van der Waals surface area contributed by atoms with Gasteiger partial charge in [-0.3, -0.25) is 0 Å². The fourth-order valence-corrected chi connectivity index (χ4v) is 3.18. The minimum Gasteiger partial charge on any atom is -0.334 e. The summed E-state index contributed by atoms with van der Waals surface area (Å²) in [7, 11) is 0. The number of carbonyl (C=O) groups excluding carboxylic acids is 1. The lowest BCUT2D eigenvalue weighted by molar-refractivity contribution is 0.163. The molecule has 128 valence electrons. The lowest BCUT2D eigenvalue weighted by Crippen LogP contribution is -2.45. The van der Waals surface area contributed by atoms with Crippen LogP contribution in [0.25, 0.3) is 5.69 Å². The molecule has 6 heteroatoms. The van der Waals surface area contributed by atoms with Crippen molar-refractivity contribution in [2.45, 2.75) is 32.7 Å². The molecule has 5 nitrogen and oxygen atoms in total. The third-order valence-electron chi connectivity index (χ3n) is 4.55. The first-order valence-corrected chi connectivity index (χ1v) is 8.85. The Bertz CT molecular complexity index is 683. The van der Waals surface area contributed by atoms with Gasteiger partial charge in [0, 0.05) is 36.4 Å². The molecule has 1 saturated heterocycles. The third kappa shape index (κ3) is 4.09. The van der Waals surface area contributed by atoms with Crippen molar-refractivity contribution in [3.05, 3.63) is 47.2 Å². The lowest BCUT2D eigenvalue weighted by atomic mass is 9.96. The Kier molecular flexibility index (Phi) is 5.41. The molecule has 24 heavy (non-hydrogen) atoms. The van der Waals surface area contributed by atoms with Gasteiger partial charge >= 0.3 is 6.03 Å². The number of urea groups is 1. The number of nitrogens with zero attached hydrogens (tertiary/aromatic N) is 3. The molecule has 1 aliphatic rings. The second-order valence-electron chi connectivity index (χ2n) is 6.29. The normalized spacial score (nSPS) is 17.8. The van der Waals surface area contributed by atoms with E-state index in [2.05, 4.69) is 17.3 Å². The van der Waals surface area contributed by atoms with E-state index in [1.54, 1.807) is 10.9 Å². The molecule has 0 saturated carbocycles. The number of halogens is 1. The zero-order chi connectivity index (χ0) is 16.9. The first-order chi connectivity index (χ1) is 11.7. The van der Waals surface area contributed by atoms with Crippen molar-refractivity contribution in [1.82, 2.24) is 20.0 Å². The highest BCUT2D eigenvalue weighted by atomic mass is 35.5. The standard InChI is InChI=1S/C18H23ClN4O/c1-2-14-4-3-9-22(12-14)18(24)20-10-15-11-21-23(13-15)17-7-5-16(19)6-8-17/h5-8,11,13-14H,2-4,9-10,12H2,1H3,(H,20,24). The second kappa shape index (κ2) is 7.71. The average molecular weight is 347 g/mol. The summed E-state index contributed by atoms with van der Waals surface area (Å²) >= 11 is 5.90. The van der Waals surface area contributed by atoms with Gasteiger partial charge in [0.25, 0.3) is 0 Å². The van der Waals surface area contributed by atoms with Gasteiger partial charge < -0.3 is 10.2 Å². The quantitative estimate of drug-likeness (QED) is 0.913. The number of benzene rings is 1. The summed E-state index contributed by atoms with van der Waals surface area (Å²) in [4.78, 5) is 14.3. The van der Waals surface area contributed by atoms with Crippen LogP contribution in [-0.2, 0) is 6.54 Å². The minimum absolute atomic E-state index is 0.0207. The Balaban J connectivity index is 1.55. The van der Waals surface area contributed by atoms with Crippen molar-refractivity contribution in [2.75, 3.05) is 13.1 Å². The predicted octanol–water partition coefficient (Wildman–Crippen LogP) is 3.86. The maximum Gasteiger partial charge on any atom is 0.317 e. The van der Waals surface area contributed by atoms with Crippen molar-refractivity contribution >= 4 is 17.6 Å². The van der Waals surface area contributed by atoms with Crippen molar-refractivity contribution in [3.8, 4) is 5.69 Å². The number of amides is 2. The van der Waals surface area contributed by atoms with E-state index in [9.17, 15) is 4.79 Å². The lowest BCUT2D eigenvalue weighted by Gasteiger charge is -2.32. The van der Waals surface area contributed by atoms with E-state index in [0.29, 0.717) is 17.5 Å². The number of hydrogen-bond acceptors (Lipinski definition) is 2. The van der Waals surface area contributed by atoms with Crippen LogP contribution >= 0.6 is 11.6 Å². The van der Waals surface area contributed by atoms with Gasteiger partial charge in [0.05, 0.1) is 11.9 Å². The molecule has 1 N–H and O–H groups in total. The highest BCUT2D eigenvalue weighted by Gasteiger charge is 2.22. The zero-order valence-electron chi connectivity index (χ0n) is 13.9. The van der Waals surface area contributed by atoms with Gasteiger partial charge in [0.2, 0.25) is 0 Å². The van der Waals surface area contributed by atoms with Crippen molar-refractivity contribution < 1.29 is 4.79 Å². The minimum atomic E-state index is 0.0207. The molecule has 1 aromatic heterocycles. The van der Waals surface area contributed by atoms with Crippen LogP contribution in [0.1, 0.15) is 31.7 Å². The van der Waals surface area contributed by atoms with E-state index in [0.717, 1.165) is 37.2 Å². The predicted molar refractivity (Wildman–Crippen MR) is 95.4 cm³/mol. The van der Waals surface area contributed by atoms with Gasteiger partial charge in [-0.25, -0.2) is 9.48 Å². The average Bonchev–Trinajstić information content (AvgIpc) is 3.09. The van der Waals surface area contributed by atoms with Crippen molar-refractivity contribution in [3.63, 3.8) is 0 Å². The van der Waals surface area contributed by atoms with Gasteiger partial charge in [0.15, 0.2) is 0 Å². The molecule has 1 aliphatic heterocycles. The highest BCUT2D eigenvalue weighted by Crippen LogP contribution is 2.19. The number of nitrogens with one attached hydrogen (secondary N) is 1. The molecule has 2 aromatic rings. The van der Waals surface area contributed by atoms with Crippen molar-refractivity contribution in [1.29, 1.82) is 0 Å². The summed E-state index contributed by atoms with van der Waals surface area (Å²) in [6, 6.07) is 7.51. The van der Waals surface area contributed by atoms with Crippen LogP contribution in [0.5, 0.6) is 0 Å². The Morgan fingerprint density at radius 2 is 2.17 bits per heavy atom. The van der Waals surface area contributed by atoms with Crippen LogP contribution < -0.4 is 5.32 Å². The van der Waals surface area contributed by atoms with E-state index in [1.807, 2.05) is 35.4 Å². The van der Waals surface area contributed by atoms with E-state index in [4.69, 9.17) is 11.6 Å². The van der Waals surface area contributed by atoms with Crippen molar-refractivity contribution in [2.24, 2.45) is 5.92 Å². The maximum atomic E-state index is 12.3. The van der Waals surface area contributed by atoms with E-state index < -0.39 is 0 Å². The molecule has 0 radical (unpaired) electrons. The van der Waals surface area contributed by atoms with Crippen LogP contribution in [0.3, 0.4) is 0 Å². The number of likely N-dealkylation sites (tertiary alicyclic amines) is 1. The van der Waals surface area contributed by atoms with E-state index >= 15 is 0 Å². The Morgan fingerprint density at radius 1 is 1.38 bits per heavy atom. The molecular weight excluding hydrogens is 324 g/mol. The highest BCUT2D eigenvalue weighted by molar-refractivity contribution is 6.30. The monoisotopic (exact) mass is 346 g/mol. The van der Waals surface area contributed by atoms with Crippen LogP contribution in [0, 0.1) is 5.92 Å². The van der Waals surface area contributed by atoms with Crippen LogP contribution in [0.15, 0.2) is 36.7 Å². The number of piperidine rings is 1. The smallest absolute Gasteiger partial charge is 0.317 e.